The highest BCUT2D eigenvalue weighted by atomic mass is 16.4. The third-order valence-electron chi connectivity index (χ3n) is 10.4. The van der Waals surface area contributed by atoms with Gasteiger partial charge in [0.1, 0.15) is 16.7 Å². The Kier molecular flexibility index (Phi) is 6.79. The van der Waals surface area contributed by atoms with Gasteiger partial charge in [-0.2, -0.15) is 0 Å². The lowest BCUT2D eigenvalue weighted by Crippen LogP contribution is -2.12. The van der Waals surface area contributed by atoms with Crippen LogP contribution in [0, 0.1) is 0 Å². The number of benzene rings is 8. The molecule has 0 N–H and O–H groups in total. The van der Waals surface area contributed by atoms with E-state index in [9.17, 15) is 0 Å². The molecule has 0 fully saturated rings. The van der Waals surface area contributed by atoms with E-state index in [4.69, 9.17) is 13.8 Å². The predicted octanol–water partition coefficient (Wildman–Crippen LogP) is 13.6. The Morgan fingerprint density at radius 1 is 0.463 bits per heavy atom. The molecule has 0 aliphatic rings. The number of hydrogen-bond acceptors (Lipinski definition) is 4. The molecule has 11 rings (SSSR count). The second kappa shape index (κ2) is 12.1. The van der Waals surface area contributed by atoms with E-state index in [1.54, 1.807) is 0 Å². The van der Waals surface area contributed by atoms with Crippen molar-refractivity contribution in [3.8, 4) is 28.3 Å². The number of nitrogens with zero attached hydrogens (tertiary/aromatic N) is 3. The summed E-state index contributed by atoms with van der Waals surface area (Å²) >= 11 is 0. The highest BCUT2D eigenvalue weighted by Gasteiger charge is 2.28. The van der Waals surface area contributed by atoms with Crippen molar-refractivity contribution in [1.29, 1.82) is 0 Å². The molecule has 0 saturated carbocycles. The van der Waals surface area contributed by atoms with Gasteiger partial charge in [0.15, 0.2) is 5.58 Å². The first-order valence-electron chi connectivity index (χ1n) is 18.1. The van der Waals surface area contributed by atoms with E-state index in [0.29, 0.717) is 11.5 Å². The monoisotopic (exact) mass is 693 g/mol. The van der Waals surface area contributed by atoms with Crippen molar-refractivity contribution in [2.45, 2.75) is 0 Å². The van der Waals surface area contributed by atoms with Crippen LogP contribution in [0.1, 0.15) is 0 Å². The summed E-state index contributed by atoms with van der Waals surface area (Å²) in [7, 11) is 0. The number of rotatable bonds is 6. The van der Waals surface area contributed by atoms with Crippen molar-refractivity contribution in [3.05, 3.63) is 188 Å². The molecule has 11 aromatic rings. The number of fused-ring (bicyclic) bond motifs is 8. The minimum Gasteiger partial charge on any atom is -0.456 e. The van der Waals surface area contributed by atoms with Gasteiger partial charge in [-0.3, -0.25) is 0 Å². The van der Waals surface area contributed by atoms with E-state index < -0.39 is 0 Å². The minimum absolute atomic E-state index is 0.555. The second-order valence-corrected chi connectivity index (χ2v) is 13.5. The SMILES string of the molecule is c1ccc(-c2cccc(N(c3cc4oc5ccccc5c4c4nc(-c5ccccc5)oc34)c3cccc4c5ccccc5n(-c5ccccc5)c34)c2)cc1. The first-order chi connectivity index (χ1) is 26.8. The van der Waals surface area contributed by atoms with Gasteiger partial charge < -0.3 is 18.3 Å². The number of aromatic nitrogens is 2. The Hall–Kier alpha value is -7.37. The predicted molar refractivity (Wildman–Crippen MR) is 221 cm³/mol. The van der Waals surface area contributed by atoms with Crippen LogP contribution < -0.4 is 4.90 Å². The van der Waals surface area contributed by atoms with Crippen LogP contribution in [0.4, 0.5) is 17.1 Å². The van der Waals surface area contributed by atoms with Crippen molar-refractivity contribution in [3.63, 3.8) is 0 Å². The molecule has 3 aromatic heterocycles. The van der Waals surface area contributed by atoms with Crippen molar-refractivity contribution in [1.82, 2.24) is 9.55 Å². The lowest BCUT2D eigenvalue weighted by molar-refractivity contribution is 0.620. The zero-order chi connectivity index (χ0) is 35.6. The maximum Gasteiger partial charge on any atom is 0.227 e. The largest absolute Gasteiger partial charge is 0.456 e. The molecule has 0 aliphatic heterocycles. The molecular weight excluding hydrogens is 663 g/mol. The highest BCUT2D eigenvalue weighted by Crippen LogP contribution is 2.49. The highest BCUT2D eigenvalue weighted by molar-refractivity contribution is 6.21. The topological polar surface area (TPSA) is 47.3 Å². The number of hydrogen-bond donors (Lipinski definition) is 0. The maximum absolute atomic E-state index is 6.94. The lowest BCUT2D eigenvalue weighted by Gasteiger charge is -2.27. The zero-order valence-corrected chi connectivity index (χ0v) is 29.1. The van der Waals surface area contributed by atoms with Gasteiger partial charge in [-0.1, -0.05) is 127 Å². The summed E-state index contributed by atoms with van der Waals surface area (Å²) in [6, 6.07) is 65.4. The van der Waals surface area contributed by atoms with Crippen molar-refractivity contribution >= 4 is 71.9 Å². The average molecular weight is 694 g/mol. The first kappa shape index (κ1) is 30.3. The van der Waals surface area contributed by atoms with E-state index in [0.717, 1.165) is 83.3 Å². The van der Waals surface area contributed by atoms with Gasteiger partial charge >= 0.3 is 0 Å². The number of furan rings is 1. The van der Waals surface area contributed by atoms with Crippen LogP contribution in [0.25, 0.3) is 83.1 Å². The van der Waals surface area contributed by atoms with Gasteiger partial charge in [0.05, 0.1) is 27.8 Å². The summed E-state index contributed by atoms with van der Waals surface area (Å²) in [6.07, 6.45) is 0. The molecule has 0 spiro atoms. The third kappa shape index (κ3) is 4.69. The Morgan fingerprint density at radius 3 is 1.93 bits per heavy atom. The first-order valence-corrected chi connectivity index (χ1v) is 18.1. The van der Waals surface area contributed by atoms with E-state index in [2.05, 4.69) is 149 Å². The second-order valence-electron chi connectivity index (χ2n) is 13.5. The molecular formula is C49H31N3O2. The molecule has 54 heavy (non-hydrogen) atoms. The van der Waals surface area contributed by atoms with Gasteiger partial charge in [0, 0.05) is 39.2 Å². The maximum atomic E-state index is 6.94. The van der Waals surface area contributed by atoms with Crippen LogP contribution in [0.3, 0.4) is 0 Å². The van der Waals surface area contributed by atoms with Gasteiger partial charge in [0.25, 0.3) is 0 Å². The van der Waals surface area contributed by atoms with Gasteiger partial charge in [-0.05, 0) is 65.7 Å². The van der Waals surface area contributed by atoms with E-state index in [1.807, 2.05) is 48.5 Å². The Balaban J connectivity index is 1.29. The standard InChI is InChI=1S/C49H31N3O2/c1-4-16-32(17-5-1)34-20-14-23-36(30-34)51(41-28-15-26-38-37-24-10-12-27-40(37)52(47(38)41)35-21-8-3-9-22-35)42-31-44-45(39-25-11-13-29-43(39)53-44)46-48(42)54-49(50-46)33-18-6-2-7-19-33/h1-31H. The van der Waals surface area contributed by atoms with Gasteiger partial charge in [-0.15, -0.1) is 0 Å². The molecule has 8 aromatic carbocycles. The normalized spacial score (nSPS) is 11.7. The summed E-state index contributed by atoms with van der Waals surface area (Å²) in [5.74, 6) is 0.555. The summed E-state index contributed by atoms with van der Waals surface area (Å²) in [5, 5.41) is 4.27. The molecule has 0 radical (unpaired) electrons. The quantitative estimate of drug-likeness (QED) is 0.174. The molecule has 3 heterocycles. The summed E-state index contributed by atoms with van der Waals surface area (Å²) in [4.78, 5) is 7.55. The molecule has 5 heteroatoms. The zero-order valence-electron chi connectivity index (χ0n) is 29.1. The smallest absolute Gasteiger partial charge is 0.227 e. The lowest BCUT2D eigenvalue weighted by atomic mass is 10.0. The minimum atomic E-state index is 0.555. The fraction of sp³-hybridized carbons (Fsp3) is 0. The van der Waals surface area contributed by atoms with Crippen LogP contribution in [0.2, 0.25) is 0 Å². The van der Waals surface area contributed by atoms with Crippen LogP contribution in [0.15, 0.2) is 197 Å². The molecule has 0 saturated heterocycles. The number of oxazole rings is 1. The molecule has 0 aliphatic carbocycles. The van der Waals surface area contributed by atoms with Crippen LogP contribution in [-0.2, 0) is 0 Å². The summed E-state index contributed by atoms with van der Waals surface area (Å²) in [6.45, 7) is 0. The molecule has 254 valence electrons. The van der Waals surface area contributed by atoms with Gasteiger partial charge in [0.2, 0.25) is 5.89 Å². The fourth-order valence-corrected chi connectivity index (χ4v) is 8.02. The van der Waals surface area contributed by atoms with Crippen molar-refractivity contribution < 1.29 is 8.83 Å². The molecule has 0 atom stereocenters. The van der Waals surface area contributed by atoms with Crippen LogP contribution >= 0.6 is 0 Å². The number of anilines is 3. The summed E-state index contributed by atoms with van der Waals surface area (Å²) < 4.78 is 16.0. The molecule has 0 bridgehead atoms. The molecule has 0 unspecified atom stereocenters. The summed E-state index contributed by atoms with van der Waals surface area (Å²) in [5.41, 5.74) is 12.2. The molecule has 0 amide bonds. The number of para-hydroxylation sites is 4. The van der Waals surface area contributed by atoms with Gasteiger partial charge in [-0.25, -0.2) is 4.98 Å². The Labute approximate surface area is 310 Å². The van der Waals surface area contributed by atoms with Crippen molar-refractivity contribution in [2.24, 2.45) is 0 Å². The van der Waals surface area contributed by atoms with Crippen LogP contribution in [-0.4, -0.2) is 9.55 Å². The van der Waals surface area contributed by atoms with E-state index >= 15 is 0 Å². The Morgan fingerprint density at radius 2 is 1.11 bits per heavy atom. The average Bonchev–Trinajstić information content (AvgIpc) is 3.95. The molecule has 5 nitrogen and oxygen atoms in total. The Bertz CT molecular complexity index is 3160. The van der Waals surface area contributed by atoms with Crippen LogP contribution in [0.5, 0.6) is 0 Å². The van der Waals surface area contributed by atoms with Crippen molar-refractivity contribution in [2.75, 3.05) is 4.90 Å². The fourth-order valence-electron chi connectivity index (χ4n) is 8.02. The van der Waals surface area contributed by atoms with E-state index in [1.165, 1.54) is 5.39 Å². The third-order valence-corrected chi connectivity index (χ3v) is 10.4. The van der Waals surface area contributed by atoms with E-state index in [-0.39, 0.29) is 0 Å².